The zero-order valence-electron chi connectivity index (χ0n) is 5.29. The third-order valence-corrected chi connectivity index (χ3v) is 1.03. The van der Waals surface area contributed by atoms with Gasteiger partial charge in [0.05, 0.1) is 0 Å². The zero-order valence-corrected chi connectivity index (χ0v) is 5.29. The van der Waals surface area contributed by atoms with Crippen LogP contribution in [0.15, 0.2) is 13.6 Å². The molecule has 1 N–H and O–H groups in total. The summed E-state index contributed by atoms with van der Waals surface area (Å²) in [6, 6.07) is 0. The van der Waals surface area contributed by atoms with Gasteiger partial charge in [-0.15, -0.1) is 0 Å². The summed E-state index contributed by atoms with van der Waals surface area (Å²) >= 11 is 0. The van der Waals surface area contributed by atoms with Crippen LogP contribution in [-0.2, 0) is 11.5 Å². The number of rotatable bonds is 2. The summed E-state index contributed by atoms with van der Waals surface area (Å²) in [5.41, 5.74) is 0. The smallest absolute Gasteiger partial charge is 0.396 e. The van der Waals surface area contributed by atoms with E-state index in [1.165, 1.54) is 0 Å². The monoisotopic (exact) mass is 146 g/mol. The van der Waals surface area contributed by atoms with E-state index in [0.717, 1.165) is 0 Å². The van der Waals surface area contributed by atoms with E-state index in [9.17, 15) is 4.79 Å². The van der Waals surface area contributed by atoms with Crippen molar-refractivity contribution in [1.82, 2.24) is 0 Å². The Balaban J connectivity index is 2.92. The van der Waals surface area contributed by atoms with Crippen molar-refractivity contribution in [3.63, 3.8) is 0 Å². The van der Waals surface area contributed by atoms with Gasteiger partial charge in [0.2, 0.25) is 0 Å². The molecule has 0 aromatic carbocycles. The van der Waals surface area contributed by atoms with E-state index in [4.69, 9.17) is 5.26 Å². The van der Waals surface area contributed by atoms with Gasteiger partial charge in [-0.3, -0.25) is 5.26 Å². The summed E-state index contributed by atoms with van der Waals surface area (Å²) in [4.78, 5) is 14.0. The van der Waals surface area contributed by atoms with Gasteiger partial charge in [-0.25, -0.2) is 9.68 Å². The molecular formula is C5H6O5. The number of hydrogen-bond acceptors (Lipinski definition) is 5. The Hall–Kier alpha value is -1.07. The molecule has 1 rings (SSSR count). The van der Waals surface area contributed by atoms with E-state index in [2.05, 4.69) is 13.7 Å². The molecule has 0 radical (unpaired) electrons. The standard InChI is InChI=1S/C5H6O5/c1-3-4(2-8-7)10-5(6)9-3/h7H,2H2,1H3. The van der Waals surface area contributed by atoms with Crippen molar-refractivity contribution in [2.75, 3.05) is 0 Å². The van der Waals surface area contributed by atoms with Gasteiger partial charge in [0, 0.05) is 0 Å². The summed E-state index contributed by atoms with van der Waals surface area (Å²) in [6.45, 7) is 1.37. The molecule has 0 saturated heterocycles. The number of aryl methyl sites for hydroxylation is 1. The summed E-state index contributed by atoms with van der Waals surface area (Å²) in [5, 5.41) is 7.95. The molecule has 0 aliphatic carbocycles. The molecular weight excluding hydrogens is 140 g/mol. The maximum atomic E-state index is 10.3. The highest BCUT2D eigenvalue weighted by molar-refractivity contribution is 4.97. The molecule has 1 heterocycles. The first-order valence-corrected chi connectivity index (χ1v) is 2.60. The average molecular weight is 146 g/mol. The molecule has 1 aromatic rings. The third kappa shape index (κ3) is 1.26. The minimum atomic E-state index is -0.787. The normalized spacial score (nSPS) is 10.2. The van der Waals surface area contributed by atoms with Crippen LogP contribution in [0.3, 0.4) is 0 Å². The van der Waals surface area contributed by atoms with Gasteiger partial charge < -0.3 is 8.83 Å². The van der Waals surface area contributed by atoms with Gasteiger partial charge in [0.25, 0.3) is 0 Å². The summed E-state index contributed by atoms with van der Waals surface area (Å²) in [5.74, 6) is -0.267. The SMILES string of the molecule is Cc1oc(=O)oc1COO. The highest BCUT2D eigenvalue weighted by Gasteiger charge is 2.06. The Morgan fingerprint density at radius 1 is 1.60 bits per heavy atom. The first-order valence-electron chi connectivity index (χ1n) is 2.60. The second-order valence-corrected chi connectivity index (χ2v) is 1.71. The highest BCUT2D eigenvalue weighted by Crippen LogP contribution is 2.04. The molecule has 0 unspecified atom stereocenters. The van der Waals surface area contributed by atoms with Crippen LogP contribution in [0.5, 0.6) is 0 Å². The third-order valence-electron chi connectivity index (χ3n) is 1.03. The van der Waals surface area contributed by atoms with Gasteiger partial charge in [0.15, 0.2) is 5.76 Å². The van der Waals surface area contributed by atoms with Gasteiger partial charge in [-0.2, -0.15) is 0 Å². The minimum absolute atomic E-state index is 0.169. The van der Waals surface area contributed by atoms with E-state index in [1.807, 2.05) is 0 Å². The lowest BCUT2D eigenvalue weighted by molar-refractivity contribution is -0.256. The van der Waals surface area contributed by atoms with Crippen molar-refractivity contribution in [3.8, 4) is 0 Å². The predicted octanol–water partition coefficient (Wildman–Crippen LogP) is 0.531. The zero-order chi connectivity index (χ0) is 7.56. The maximum absolute atomic E-state index is 10.3. The molecule has 0 aliphatic rings. The van der Waals surface area contributed by atoms with E-state index in [1.54, 1.807) is 6.92 Å². The van der Waals surface area contributed by atoms with E-state index in [-0.39, 0.29) is 12.4 Å². The molecule has 0 saturated carbocycles. The Labute approximate surface area is 55.8 Å². The van der Waals surface area contributed by atoms with Gasteiger partial charge in [-0.1, -0.05) is 0 Å². The second-order valence-electron chi connectivity index (χ2n) is 1.71. The molecule has 56 valence electrons. The molecule has 0 atom stereocenters. The largest absolute Gasteiger partial charge is 0.519 e. The van der Waals surface area contributed by atoms with Crippen LogP contribution in [0.4, 0.5) is 0 Å². The maximum Gasteiger partial charge on any atom is 0.519 e. The number of hydrogen-bond donors (Lipinski definition) is 1. The fourth-order valence-corrected chi connectivity index (χ4v) is 0.565. The lowest BCUT2D eigenvalue weighted by Crippen LogP contribution is -1.88. The van der Waals surface area contributed by atoms with Crippen LogP contribution in [0, 0.1) is 6.92 Å². The Bertz CT molecular complexity index is 257. The van der Waals surface area contributed by atoms with E-state index >= 15 is 0 Å². The van der Waals surface area contributed by atoms with Crippen LogP contribution in [0.2, 0.25) is 0 Å². The summed E-state index contributed by atoms with van der Waals surface area (Å²) in [6.07, 6.45) is 0. The fraction of sp³-hybridized carbons (Fsp3) is 0.400. The summed E-state index contributed by atoms with van der Waals surface area (Å²) in [7, 11) is 0. The van der Waals surface area contributed by atoms with Gasteiger partial charge >= 0.3 is 5.82 Å². The molecule has 5 nitrogen and oxygen atoms in total. The quantitative estimate of drug-likeness (QED) is 0.486. The first-order chi connectivity index (χ1) is 4.74. The predicted molar refractivity (Wildman–Crippen MR) is 29.4 cm³/mol. The lowest BCUT2D eigenvalue weighted by Gasteiger charge is -1.87. The molecule has 0 amide bonds. The van der Waals surface area contributed by atoms with Crippen molar-refractivity contribution >= 4 is 0 Å². The molecule has 0 fully saturated rings. The van der Waals surface area contributed by atoms with Gasteiger partial charge in [0.1, 0.15) is 12.4 Å². The average Bonchev–Trinajstić information content (AvgIpc) is 2.13. The van der Waals surface area contributed by atoms with Crippen LogP contribution in [-0.4, -0.2) is 5.26 Å². The molecule has 5 heteroatoms. The second kappa shape index (κ2) is 2.68. The van der Waals surface area contributed by atoms with Crippen LogP contribution >= 0.6 is 0 Å². The Kier molecular flexibility index (Phi) is 1.88. The van der Waals surface area contributed by atoms with Crippen molar-refractivity contribution in [1.29, 1.82) is 0 Å². The minimum Gasteiger partial charge on any atom is -0.396 e. The molecule has 10 heavy (non-hydrogen) atoms. The highest BCUT2D eigenvalue weighted by atomic mass is 17.1. The van der Waals surface area contributed by atoms with E-state index < -0.39 is 5.82 Å². The Morgan fingerprint density at radius 3 is 2.70 bits per heavy atom. The fourth-order valence-electron chi connectivity index (χ4n) is 0.565. The first kappa shape index (κ1) is 7.04. The molecule has 0 bridgehead atoms. The van der Waals surface area contributed by atoms with Crippen molar-refractivity contribution in [2.45, 2.75) is 13.5 Å². The van der Waals surface area contributed by atoms with Crippen molar-refractivity contribution in [2.24, 2.45) is 0 Å². The molecule has 0 aliphatic heterocycles. The van der Waals surface area contributed by atoms with Crippen LogP contribution < -0.4 is 5.82 Å². The van der Waals surface area contributed by atoms with Crippen LogP contribution in [0.25, 0.3) is 0 Å². The van der Waals surface area contributed by atoms with Crippen molar-refractivity contribution < 1.29 is 19.0 Å². The van der Waals surface area contributed by atoms with Crippen molar-refractivity contribution in [3.05, 3.63) is 22.1 Å². The van der Waals surface area contributed by atoms with Crippen LogP contribution in [0.1, 0.15) is 11.5 Å². The lowest BCUT2D eigenvalue weighted by atomic mass is 10.4. The Morgan fingerprint density at radius 2 is 2.30 bits per heavy atom. The molecule has 1 aromatic heterocycles. The topological polar surface area (TPSA) is 72.8 Å². The molecule has 0 spiro atoms. The van der Waals surface area contributed by atoms with E-state index in [0.29, 0.717) is 5.76 Å². The van der Waals surface area contributed by atoms with Gasteiger partial charge in [-0.05, 0) is 6.92 Å². The summed E-state index contributed by atoms with van der Waals surface area (Å²) < 4.78 is 8.90.